The molecule has 2 heterocycles. The lowest BCUT2D eigenvalue weighted by Crippen LogP contribution is -2.47. The number of rotatable bonds is 14. The van der Waals surface area contributed by atoms with Crippen LogP contribution in [0.25, 0.3) is 0 Å². The molecule has 2 saturated heterocycles. The zero-order chi connectivity index (χ0) is 25.0. The summed E-state index contributed by atoms with van der Waals surface area (Å²) in [5, 5.41) is 47.7. The van der Waals surface area contributed by atoms with Gasteiger partial charge in [-0.3, -0.25) is 4.79 Å². The van der Waals surface area contributed by atoms with Crippen molar-refractivity contribution in [1.29, 1.82) is 0 Å². The maximum atomic E-state index is 11.0. The average Bonchev–Trinajstić information content (AvgIpc) is 3.56. The maximum absolute atomic E-state index is 11.0. The molecule has 12 heteroatoms. The summed E-state index contributed by atoms with van der Waals surface area (Å²) >= 11 is 0. The zero-order valence-electron chi connectivity index (χ0n) is 19.1. The van der Waals surface area contributed by atoms with Crippen LogP contribution in [0.3, 0.4) is 0 Å². The van der Waals surface area contributed by atoms with Crippen LogP contribution in [0.1, 0.15) is 27.2 Å². The zero-order valence-corrected chi connectivity index (χ0v) is 19.1. The lowest BCUT2D eigenvalue weighted by molar-refractivity contribution is -0.278. The molecule has 0 aromatic carbocycles. The highest BCUT2D eigenvalue weighted by atomic mass is 16.7. The van der Waals surface area contributed by atoms with Gasteiger partial charge in [0.2, 0.25) is 0 Å². The van der Waals surface area contributed by atoms with Crippen LogP contribution in [0.2, 0.25) is 0 Å². The summed E-state index contributed by atoms with van der Waals surface area (Å²) < 4.78 is 32.7. The third kappa shape index (κ3) is 10.2. The Morgan fingerprint density at radius 2 is 1.64 bits per heavy atom. The van der Waals surface area contributed by atoms with Gasteiger partial charge >= 0.3 is 5.97 Å². The standard InChI is InChI=1S/C18H32O12.C3H4/c1-9(23)12(4-19)26-17(7-22)28-14(6-21)13(5-20)27-16-3-11-18(30-11)15(29-16)8-25-10(2)24;1-3-2/h9,11-23H,3-8H2,1-2H3;1H,2H3. The molecule has 0 bridgehead atoms. The van der Waals surface area contributed by atoms with E-state index >= 15 is 0 Å². The first-order valence-corrected chi connectivity index (χ1v) is 10.6. The number of carbonyl (C=O) groups excluding carboxylic acids is 1. The van der Waals surface area contributed by atoms with Gasteiger partial charge in [0, 0.05) is 13.3 Å². The van der Waals surface area contributed by atoms with Crippen LogP contribution >= 0.6 is 0 Å². The minimum Gasteiger partial charge on any atom is -0.463 e. The second-order valence-corrected chi connectivity index (χ2v) is 7.49. The van der Waals surface area contributed by atoms with Gasteiger partial charge in [0.1, 0.15) is 37.1 Å². The Labute approximate surface area is 193 Å². The quantitative estimate of drug-likeness (QED) is 0.0793. The monoisotopic (exact) mass is 480 g/mol. The van der Waals surface area contributed by atoms with E-state index in [1.165, 1.54) is 13.8 Å². The molecule has 0 aromatic heterocycles. The highest BCUT2D eigenvalue weighted by Crippen LogP contribution is 2.38. The van der Waals surface area contributed by atoms with E-state index in [0.717, 1.165) is 0 Å². The lowest BCUT2D eigenvalue weighted by atomic mass is 10.1. The Hall–Kier alpha value is -1.37. The second kappa shape index (κ2) is 15.5. The molecule has 9 unspecified atom stereocenters. The van der Waals surface area contributed by atoms with Crippen molar-refractivity contribution in [3.8, 4) is 12.3 Å². The number of fused-ring (bicyclic) bond motifs is 1. The SMILES string of the molecule is C#CC.CC(=O)OCC1OC(OC(CO)C(CO)OC(CO)OC(CO)C(C)O)CC2OC12. The fraction of sp³-hybridized carbons (Fsp3) is 0.857. The van der Waals surface area contributed by atoms with E-state index < -0.39 is 75.5 Å². The van der Waals surface area contributed by atoms with E-state index in [1.807, 2.05) is 0 Å². The molecule has 192 valence electrons. The number of carbonyl (C=O) groups is 1. The van der Waals surface area contributed by atoms with E-state index in [9.17, 15) is 30.3 Å². The van der Waals surface area contributed by atoms with Gasteiger partial charge in [-0.2, -0.15) is 0 Å². The Kier molecular flexibility index (Phi) is 13.9. The van der Waals surface area contributed by atoms with Crippen molar-refractivity contribution in [2.75, 3.05) is 33.0 Å². The number of epoxide rings is 1. The first kappa shape index (κ1) is 29.7. The minimum absolute atomic E-state index is 0.00238. The highest BCUT2D eigenvalue weighted by molar-refractivity contribution is 5.65. The highest BCUT2D eigenvalue weighted by Gasteiger charge is 2.52. The summed E-state index contributed by atoms with van der Waals surface area (Å²) in [6, 6.07) is 0. The molecule has 9 atom stereocenters. The molecule has 2 fully saturated rings. The average molecular weight is 481 g/mol. The third-order valence-corrected chi connectivity index (χ3v) is 4.81. The minimum atomic E-state index is -1.29. The van der Waals surface area contributed by atoms with Crippen LogP contribution in [0, 0.1) is 12.3 Å². The summed E-state index contributed by atoms with van der Waals surface area (Å²) in [5.74, 6) is 1.80. The van der Waals surface area contributed by atoms with Gasteiger partial charge in [0.25, 0.3) is 0 Å². The van der Waals surface area contributed by atoms with Gasteiger partial charge in [0.05, 0.1) is 38.6 Å². The Morgan fingerprint density at radius 3 is 2.12 bits per heavy atom. The van der Waals surface area contributed by atoms with Crippen molar-refractivity contribution >= 4 is 5.97 Å². The molecule has 0 amide bonds. The van der Waals surface area contributed by atoms with E-state index in [2.05, 4.69) is 12.3 Å². The number of hydrogen-bond donors (Lipinski definition) is 5. The summed E-state index contributed by atoms with van der Waals surface area (Å²) in [5.41, 5.74) is 0. The number of aliphatic hydroxyl groups is 5. The Bertz CT molecular complexity index is 594. The normalized spacial score (nSPS) is 28.1. The van der Waals surface area contributed by atoms with E-state index in [-0.39, 0.29) is 18.8 Å². The maximum Gasteiger partial charge on any atom is 0.302 e. The molecule has 0 saturated carbocycles. The number of terminal acetylenes is 1. The van der Waals surface area contributed by atoms with E-state index in [0.29, 0.717) is 6.42 Å². The molecule has 0 spiro atoms. The molecular formula is C21H36O12. The summed E-state index contributed by atoms with van der Waals surface area (Å²) in [6.45, 7) is 2.10. The number of ether oxygens (including phenoxy) is 6. The molecule has 5 N–H and O–H groups in total. The lowest BCUT2D eigenvalue weighted by Gasteiger charge is -2.34. The van der Waals surface area contributed by atoms with Gasteiger partial charge in [-0.25, -0.2) is 0 Å². The fourth-order valence-electron chi connectivity index (χ4n) is 3.12. The molecule has 0 aromatic rings. The van der Waals surface area contributed by atoms with Gasteiger partial charge in [0.15, 0.2) is 12.6 Å². The summed E-state index contributed by atoms with van der Waals surface area (Å²) in [7, 11) is 0. The van der Waals surface area contributed by atoms with Crippen molar-refractivity contribution < 1.29 is 58.7 Å². The molecule has 2 aliphatic heterocycles. The Balaban J connectivity index is 0.00000172. The largest absolute Gasteiger partial charge is 0.463 e. The van der Waals surface area contributed by atoms with Crippen molar-refractivity contribution in [2.24, 2.45) is 0 Å². The van der Waals surface area contributed by atoms with Crippen molar-refractivity contribution in [3.63, 3.8) is 0 Å². The predicted molar refractivity (Wildman–Crippen MR) is 112 cm³/mol. The van der Waals surface area contributed by atoms with Crippen LogP contribution in [-0.2, 0) is 33.2 Å². The van der Waals surface area contributed by atoms with Gasteiger partial charge in [-0.1, -0.05) is 0 Å². The van der Waals surface area contributed by atoms with Crippen LogP contribution in [0.4, 0.5) is 0 Å². The predicted octanol–water partition coefficient (Wildman–Crippen LogP) is -2.10. The molecule has 12 nitrogen and oxygen atoms in total. The molecule has 33 heavy (non-hydrogen) atoms. The van der Waals surface area contributed by atoms with Gasteiger partial charge in [-0.05, 0) is 13.8 Å². The number of esters is 1. The topological polar surface area (TPSA) is 177 Å². The second-order valence-electron chi connectivity index (χ2n) is 7.49. The molecular weight excluding hydrogens is 444 g/mol. The van der Waals surface area contributed by atoms with Gasteiger partial charge < -0.3 is 54.0 Å². The van der Waals surface area contributed by atoms with Crippen LogP contribution in [0.5, 0.6) is 0 Å². The van der Waals surface area contributed by atoms with E-state index in [1.54, 1.807) is 6.92 Å². The molecule has 2 aliphatic rings. The van der Waals surface area contributed by atoms with Crippen LogP contribution < -0.4 is 0 Å². The van der Waals surface area contributed by atoms with Gasteiger partial charge in [-0.15, -0.1) is 12.3 Å². The summed E-state index contributed by atoms with van der Waals surface area (Å²) in [6.07, 6.45) is -2.13. The fourth-order valence-corrected chi connectivity index (χ4v) is 3.12. The van der Waals surface area contributed by atoms with Crippen molar-refractivity contribution in [1.82, 2.24) is 0 Å². The number of hydrogen-bond acceptors (Lipinski definition) is 12. The van der Waals surface area contributed by atoms with E-state index in [4.69, 9.17) is 28.4 Å². The number of aliphatic hydroxyl groups excluding tert-OH is 5. The van der Waals surface area contributed by atoms with Crippen molar-refractivity contribution in [2.45, 2.75) is 82.5 Å². The Morgan fingerprint density at radius 1 is 1.06 bits per heavy atom. The summed E-state index contributed by atoms with van der Waals surface area (Å²) in [4.78, 5) is 11.0. The third-order valence-electron chi connectivity index (χ3n) is 4.81. The van der Waals surface area contributed by atoms with Crippen LogP contribution in [0.15, 0.2) is 0 Å². The molecule has 0 aliphatic carbocycles. The van der Waals surface area contributed by atoms with Crippen LogP contribution in [-0.4, -0.2) is 120 Å². The first-order valence-electron chi connectivity index (χ1n) is 10.6. The molecule has 0 radical (unpaired) electrons. The first-order chi connectivity index (χ1) is 15.7. The molecule has 2 rings (SSSR count). The van der Waals surface area contributed by atoms with Crippen molar-refractivity contribution in [3.05, 3.63) is 0 Å². The smallest absolute Gasteiger partial charge is 0.302 e.